The fourth-order valence-corrected chi connectivity index (χ4v) is 5.96. The SMILES string of the molecule is CCS(=O)(=O)c1ccc(-c2nnc(NC(=O)c3ccc(S(=O)(=O)N4CCCCC4)cc3)o2)cc1. The number of carbonyl (C=O) groups is 1. The first-order valence-electron chi connectivity index (χ1n) is 10.8. The van der Waals surface area contributed by atoms with Crippen LogP contribution in [0, 0.1) is 0 Å². The van der Waals surface area contributed by atoms with Crippen molar-refractivity contribution in [3.63, 3.8) is 0 Å². The second-order valence-corrected chi connectivity index (χ2v) is 12.0. The van der Waals surface area contributed by atoms with E-state index in [1.54, 1.807) is 19.1 Å². The quantitative estimate of drug-likeness (QED) is 0.518. The fraction of sp³-hybridized carbons (Fsp3) is 0.318. The lowest BCUT2D eigenvalue weighted by atomic mass is 10.2. The summed E-state index contributed by atoms with van der Waals surface area (Å²) in [6, 6.07) is 11.5. The minimum atomic E-state index is -3.58. The first-order valence-corrected chi connectivity index (χ1v) is 13.9. The van der Waals surface area contributed by atoms with Gasteiger partial charge in [-0.25, -0.2) is 16.8 Å². The van der Waals surface area contributed by atoms with Gasteiger partial charge in [0.15, 0.2) is 9.84 Å². The molecular weight excluding hydrogens is 480 g/mol. The zero-order valence-electron chi connectivity index (χ0n) is 18.5. The number of hydrogen-bond acceptors (Lipinski definition) is 8. The summed E-state index contributed by atoms with van der Waals surface area (Å²) < 4.78 is 56.3. The lowest BCUT2D eigenvalue weighted by Crippen LogP contribution is -2.35. The van der Waals surface area contributed by atoms with Crippen LogP contribution in [0.2, 0.25) is 0 Å². The van der Waals surface area contributed by atoms with Gasteiger partial charge >= 0.3 is 6.01 Å². The van der Waals surface area contributed by atoms with E-state index in [1.165, 1.54) is 40.7 Å². The number of sulfonamides is 1. The van der Waals surface area contributed by atoms with Gasteiger partial charge in [-0.05, 0) is 61.4 Å². The number of nitrogens with one attached hydrogen (secondary N) is 1. The average molecular weight is 505 g/mol. The van der Waals surface area contributed by atoms with Crippen molar-refractivity contribution in [1.82, 2.24) is 14.5 Å². The Balaban J connectivity index is 1.44. The van der Waals surface area contributed by atoms with Crippen molar-refractivity contribution < 1.29 is 26.0 Å². The van der Waals surface area contributed by atoms with Crippen molar-refractivity contribution in [1.29, 1.82) is 0 Å². The Morgan fingerprint density at radius 3 is 2.15 bits per heavy atom. The van der Waals surface area contributed by atoms with Crippen LogP contribution in [0.25, 0.3) is 11.5 Å². The first kappa shape index (κ1) is 24.0. The summed E-state index contributed by atoms with van der Waals surface area (Å²) in [5, 5.41) is 10.2. The molecule has 0 atom stereocenters. The number of carbonyl (C=O) groups excluding carboxylic acids is 1. The molecule has 1 aliphatic heterocycles. The number of piperidine rings is 1. The minimum absolute atomic E-state index is 0.00570. The molecule has 0 saturated carbocycles. The highest BCUT2D eigenvalue weighted by Crippen LogP contribution is 2.23. The maximum absolute atomic E-state index is 12.7. The van der Waals surface area contributed by atoms with E-state index in [9.17, 15) is 21.6 Å². The largest absolute Gasteiger partial charge is 0.403 e. The van der Waals surface area contributed by atoms with E-state index in [2.05, 4.69) is 15.5 Å². The van der Waals surface area contributed by atoms with Crippen molar-refractivity contribution in [3.8, 4) is 11.5 Å². The second-order valence-electron chi connectivity index (χ2n) is 7.78. The molecule has 4 rings (SSSR count). The second kappa shape index (κ2) is 9.65. The number of nitrogens with zero attached hydrogens (tertiary/aromatic N) is 3. The van der Waals surface area contributed by atoms with E-state index < -0.39 is 25.8 Å². The lowest BCUT2D eigenvalue weighted by molar-refractivity contribution is 0.102. The van der Waals surface area contributed by atoms with E-state index in [1.807, 2.05) is 0 Å². The standard InChI is InChI=1S/C22H24N4O6S2/c1-2-33(28,29)18-10-8-17(9-11-18)21-24-25-22(32-21)23-20(27)16-6-12-19(13-7-16)34(30,31)26-14-4-3-5-15-26/h6-13H,2-5,14-15H2,1H3,(H,23,25,27). The van der Waals surface area contributed by atoms with Gasteiger partial charge in [0.1, 0.15) is 0 Å². The minimum Gasteiger partial charge on any atom is -0.403 e. The third kappa shape index (κ3) is 5.03. The molecule has 1 fully saturated rings. The number of sulfone groups is 1. The van der Waals surface area contributed by atoms with Crippen molar-refractivity contribution in [3.05, 3.63) is 54.1 Å². The van der Waals surface area contributed by atoms with Crippen LogP contribution in [0.4, 0.5) is 6.01 Å². The van der Waals surface area contributed by atoms with Crippen LogP contribution >= 0.6 is 0 Å². The van der Waals surface area contributed by atoms with E-state index in [-0.39, 0.29) is 33.0 Å². The van der Waals surface area contributed by atoms with Gasteiger partial charge in [0.05, 0.1) is 15.5 Å². The Hall–Kier alpha value is -3.09. The summed E-state index contributed by atoms with van der Waals surface area (Å²) >= 11 is 0. The van der Waals surface area contributed by atoms with Crippen LogP contribution in [-0.2, 0) is 19.9 Å². The van der Waals surface area contributed by atoms with Gasteiger partial charge in [0.2, 0.25) is 15.9 Å². The van der Waals surface area contributed by atoms with Crippen LogP contribution in [0.1, 0.15) is 36.5 Å². The monoisotopic (exact) mass is 504 g/mol. The topological polar surface area (TPSA) is 140 Å². The van der Waals surface area contributed by atoms with Crippen LogP contribution in [0.15, 0.2) is 62.7 Å². The molecule has 0 unspecified atom stereocenters. The van der Waals surface area contributed by atoms with E-state index in [4.69, 9.17) is 4.42 Å². The number of rotatable bonds is 7. The maximum atomic E-state index is 12.7. The van der Waals surface area contributed by atoms with Gasteiger partial charge < -0.3 is 4.42 Å². The normalized spacial score (nSPS) is 15.2. The molecule has 0 spiro atoms. The summed E-state index contributed by atoms with van der Waals surface area (Å²) in [5.74, 6) is -0.436. The fourth-order valence-electron chi connectivity index (χ4n) is 3.56. The number of aromatic nitrogens is 2. The number of amides is 1. The maximum Gasteiger partial charge on any atom is 0.322 e. The first-order chi connectivity index (χ1) is 16.2. The molecule has 0 aliphatic carbocycles. The molecule has 34 heavy (non-hydrogen) atoms. The molecule has 10 nitrogen and oxygen atoms in total. The average Bonchev–Trinajstić information content (AvgIpc) is 3.33. The zero-order chi connectivity index (χ0) is 24.3. The van der Waals surface area contributed by atoms with Crippen LogP contribution < -0.4 is 5.32 Å². The summed E-state index contributed by atoms with van der Waals surface area (Å²) in [5.41, 5.74) is 0.724. The molecule has 180 valence electrons. The summed E-state index contributed by atoms with van der Waals surface area (Å²) in [7, 11) is -6.90. The number of anilines is 1. The molecule has 1 aromatic heterocycles. The van der Waals surface area contributed by atoms with E-state index in [0.29, 0.717) is 18.7 Å². The number of hydrogen-bond donors (Lipinski definition) is 1. The Kier molecular flexibility index (Phi) is 6.82. The lowest BCUT2D eigenvalue weighted by Gasteiger charge is -2.25. The summed E-state index contributed by atoms with van der Waals surface area (Å²) in [4.78, 5) is 12.9. The highest BCUT2D eigenvalue weighted by molar-refractivity contribution is 7.91. The van der Waals surface area contributed by atoms with Crippen LogP contribution in [-0.4, -0.2) is 56.1 Å². The molecule has 1 aliphatic rings. The van der Waals surface area contributed by atoms with Crippen LogP contribution in [0.5, 0.6) is 0 Å². The molecule has 3 aromatic rings. The molecule has 1 saturated heterocycles. The van der Waals surface area contributed by atoms with E-state index in [0.717, 1.165) is 19.3 Å². The Morgan fingerprint density at radius 2 is 1.53 bits per heavy atom. The third-order valence-corrected chi connectivity index (χ3v) is 9.22. The third-order valence-electron chi connectivity index (χ3n) is 5.56. The number of benzene rings is 2. The van der Waals surface area contributed by atoms with Crippen molar-refractivity contribution in [2.45, 2.75) is 36.0 Å². The highest BCUT2D eigenvalue weighted by atomic mass is 32.2. The molecule has 1 N–H and O–H groups in total. The highest BCUT2D eigenvalue weighted by Gasteiger charge is 2.26. The van der Waals surface area contributed by atoms with Gasteiger partial charge in [-0.2, -0.15) is 4.31 Å². The molecule has 1 amide bonds. The van der Waals surface area contributed by atoms with Gasteiger partial charge in [0.25, 0.3) is 5.91 Å². The van der Waals surface area contributed by atoms with Crippen molar-refractivity contribution in [2.75, 3.05) is 24.2 Å². The predicted molar refractivity (Wildman–Crippen MR) is 124 cm³/mol. The Morgan fingerprint density at radius 1 is 0.912 bits per heavy atom. The van der Waals surface area contributed by atoms with Gasteiger partial charge in [-0.3, -0.25) is 10.1 Å². The molecular formula is C22H24N4O6S2. The predicted octanol–water partition coefficient (Wildman–Crippen LogP) is 2.96. The van der Waals surface area contributed by atoms with Gasteiger partial charge in [0, 0.05) is 24.2 Å². The molecule has 2 aromatic carbocycles. The summed E-state index contributed by atoms with van der Waals surface area (Å²) in [6.07, 6.45) is 2.70. The summed E-state index contributed by atoms with van der Waals surface area (Å²) in [6.45, 7) is 2.57. The molecule has 2 heterocycles. The van der Waals surface area contributed by atoms with E-state index >= 15 is 0 Å². The van der Waals surface area contributed by atoms with Crippen molar-refractivity contribution in [2.24, 2.45) is 0 Å². The molecule has 12 heteroatoms. The van der Waals surface area contributed by atoms with Gasteiger partial charge in [-0.15, -0.1) is 5.10 Å². The van der Waals surface area contributed by atoms with Crippen molar-refractivity contribution >= 4 is 31.8 Å². The van der Waals surface area contributed by atoms with Gasteiger partial charge in [-0.1, -0.05) is 18.4 Å². The van der Waals surface area contributed by atoms with Crippen LogP contribution in [0.3, 0.4) is 0 Å². The Labute approximate surface area is 198 Å². The molecule has 0 radical (unpaired) electrons. The Bertz CT molecular complexity index is 1380. The molecule has 0 bridgehead atoms. The smallest absolute Gasteiger partial charge is 0.322 e. The zero-order valence-corrected chi connectivity index (χ0v) is 20.1.